The largest absolute Gasteiger partial charge is 0.478 e. The molecule has 0 saturated heterocycles. The molecule has 9 aromatic carbocycles. The number of hydrogen-bond acceptors (Lipinski definition) is 15. The number of para-hydroxylation sites is 1. The molecule has 0 aromatic heterocycles. The molecule has 0 spiro atoms. The van der Waals surface area contributed by atoms with E-state index >= 15 is 0 Å². The first-order valence-corrected chi connectivity index (χ1v) is 43.4. The fraction of sp³-hybridized carbons (Fsp3) is 0.427. The molecule has 726 valence electrons. The maximum absolute atomic E-state index is 13.0. The highest BCUT2D eigenvalue weighted by Crippen LogP contribution is 2.46. The van der Waals surface area contributed by atoms with Crippen molar-refractivity contribution in [2.75, 3.05) is 0 Å². The standard InChI is InChI=1S/C16H20O6.C13H14F6.3C12H16O2.C12H16O.2C11H14O2.C11H16/c1-9(17)20-12-7-13(21-10(2)18)15(16(4,5)6)14(8-12)22-11(3)19;1-7-5-8(12(14,15)16)10(11(2,3)4)9(6-7)13(17,18)19;1-9(13)14-11-7-5-10(6-8-11)12(2,3)4;1-9(13)14-11-7-5-6-10(8-11)12(2,3)4;1-9(13)14-11-8-6-5-7-10(11)12(2,3)4;1-9(13)10-7-5-6-8-11(10)12(2,3)4;1-11(2,3)9-6-4-8(5-7-9)10(12)13;1-11(2,3)9-6-4-5-8(7-9)10(12)13;1-9-5-7-10(8-6-9)11(2,3)4/h7-8H,1-6H3;5-6H,1-4H3;3*5-8H,1-4H3;5-8H,1-4H3;2*4-7H,1-3H3,(H,12,13);5-8H,1-4H3. The number of aromatic carboxylic acids is 2. The van der Waals surface area contributed by atoms with Gasteiger partial charge in [-0.05, 0) is 181 Å². The zero-order chi connectivity index (χ0) is 103. The molecule has 0 radical (unpaired) electrons. The lowest BCUT2D eigenvalue weighted by atomic mass is 9.79. The van der Waals surface area contributed by atoms with Gasteiger partial charge in [-0.15, -0.1) is 0 Å². The maximum atomic E-state index is 13.0. The summed E-state index contributed by atoms with van der Waals surface area (Å²) in [6, 6.07) is 57.9. The molecule has 0 heterocycles. The van der Waals surface area contributed by atoms with Crippen LogP contribution in [0.5, 0.6) is 34.5 Å². The van der Waals surface area contributed by atoms with Gasteiger partial charge in [0.05, 0.1) is 22.3 Å². The number of halogens is 6. The Labute approximate surface area is 785 Å². The van der Waals surface area contributed by atoms with Gasteiger partial charge in [0.1, 0.15) is 34.5 Å². The van der Waals surface area contributed by atoms with E-state index in [-0.39, 0.29) is 84.4 Å². The monoisotopic (exact) mass is 1850 g/mol. The fourth-order valence-electron chi connectivity index (χ4n) is 12.5. The summed E-state index contributed by atoms with van der Waals surface area (Å²) in [5.74, 6) is -1.64. The van der Waals surface area contributed by atoms with E-state index in [1.807, 2.05) is 130 Å². The number of alkyl halides is 6. The summed E-state index contributed by atoms with van der Waals surface area (Å²) in [7, 11) is 0. The third-order valence-corrected chi connectivity index (χ3v) is 19.1. The third-order valence-electron chi connectivity index (χ3n) is 19.1. The summed E-state index contributed by atoms with van der Waals surface area (Å²) >= 11 is 0. The van der Waals surface area contributed by atoms with Gasteiger partial charge in [-0.3, -0.25) is 33.6 Å². The van der Waals surface area contributed by atoms with E-state index in [1.54, 1.807) is 43.3 Å². The number of ketones is 1. The van der Waals surface area contributed by atoms with E-state index in [0.717, 1.165) is 45.5 Å². The zero-order valence-electron chi connectivity index (χ0n) is 84.8. The Kier molecular flexibility index (Phi) is 44.4. The minimum Gasteiger partial charge on any atom is -0.478 e. The summed E-state index contributed by atoms with van der Waals surface area (Å²) < 4.78 is 108. The minimum absolute atomic E-state index is 0.00542. The number of ether oxygens (including phenoxy) is 6. The first kappa shape index (κ1) is 119. The fourth-order valence-corrected chi connectivity index (χ4v) is 12.5. The number of carbonyl (C=O) groups is 9. The number of hydrogen-bond donors (Lipinski definition) is 2. The number of carbonyl (C=O) groups excluding carboxylic acids is 7. The highest BCUT2D eigenvalue weighted by molar-refractivity contribution is 5.96. The molecule has 0 saturated carbocycles. The highest BCUT2D eigenvalue weighted by atomic mass is 19.4. The Morgan fingerprint density at radius 2 is 0.556 bits per heavy atom. The first-order valence-electron chi connectivity index (χ1n) is 43.4. The molecule has 0 unspecified atom stereocenters. The number of benzene rings is 9. The second-order valence-corrected chi connectivity index (χ2v) is 41.1. The van der Waals surface area contributed by atoms with Gasteiger partial charge in [0.25, 0.3) is 0 Å². The molecular weight excluding hydrogens is 1710 g/mol. The number of carboxylic acids is 2. The predicted molar refractivity (Wildman–Crippen MR) is 518 cm³/mol. The molecular formula is C110H142F6O17. The van der Waals surface area contributed by atoms with Gasteiger partial charge in [0.15, 0.2) is 5.78 Å². The summed E-state index contributed by atoms with van der Waals surface area (Å²) in [6.45, 7) is 67.2. The van der Waals surface area contributed by atoms with Gasteiger partial charge in [0.2, 0.25) is 0 Å². The Morgan fingerprint density at radius 3 is 0.887 bits per heavy atom. The molecule has 2 N–H and O–H groups in total. The molecule has 0 aliphatic rings. The quantitative estimate of drug-likeness (QED) is 0.0590. The van der Waals surface area contributed by atoms with Gasteiger partial charge >= 0.3 is 60.1 Å². The predicted octanol–water partition coefficient (Wildman–Crippen LogP) is 28.7. The molecule has 9 aromatic rings. The van der Waals surface area contributed by atoms with Crippen LogP contribution in [0.25, 0.3) is 0 Å². The lowest BCUT2D eigenvalue weighted by Crippen LogP contribution is -2.25. The number of rotatable bonds is 9. The molecule has 23 heteroatoms. The van der Waals surface area contributed by atoms with Gasteiger partial charge in [-0.2, -0.15) is 26.3 Å². The normalized spacial score (nSPS) is 11.6. The molecule has 0 fully saturated rings. The second-order valence-electron chi connectivity index (χ2n) is 41.1. The Balaban J connectivity index is 0.000000753. The molecule has 133 heavy (non-hydrogen) atoms. The molecule has 0 aliphatic heterocycles. The van der Waals surface area contributed by atoms with E-state index in [9.17, 15) is 69.5 Å². The van der Waals surface area contributed by atoms with E-state index in [0.29, 0.717) is 33.9 Å². The van der Waals surface area contributed by atoms with E-state index in [2.05, 4.69) is 177 Å². The maximum Gasteiger partial charge on any atom is 0.416 e. The summed E-state index contributed by atoms with van der Waals surface area (Å²) in [4.78, 5) is 98.6. The van der Waals surface area contributed by atoms with E-state index < -0.39 is 69.7 Å². The van der Waals surface area contributed by atoms with Crippen molar-refractivity contribution >= 4 is 53.5 Å². The lowest BCUT2D eigenvalue weighted by Gasteiger charge is -2.28. The van der Waals surface area contributed by atoms with Crippen LogP contribution in [-0.4, -0.2) is 63.8 Å². The van der Waals surface area contributed by atoms with Gasteiger partial charge in [-0.1, -0.05) is 308 Å². The van der Waals surface area contributed by atoms with E-state index in [4.69, 9.17) is 38.6 Å². The Hall–Kier alpha value is -12.0. The van der Waals surface area contributed by atoms with Crippen molar-refractivity contribution in [3.63, 3.8) is 0 Å². The van der Waals surface area contributed by atoms with E-state index in [1.165, 1.54) is 98.1 Å². The van der Waals surface area contributed by atoms with Gasteiger partial charge < -0.3 is 38.6 Å². The molecule has 0 bridgehead atoms. The van der Waals surface area contributed by atoms with Crippen molar-refractivity contribution in [1.82, 2.24) is 0 Å². The Morgan fingerprint density at radius 1 is 0.241 bits per heavy atom. The number of aryl methyl sites for hydroxylation is 2. The van der Waals surface area contributed by atoms with Crippen molar-refractivity contribution in [1.29, 1.82) is 0 Å². The van der Waals surface area contributed by atoms with Gasteiger partial charge in [0, 0.05) is 70.4 Å². The van der Waals surface area contributed by atoms with Crippen molar-refractivity contribution < 1.29 is 108 Å². The van der Waals surface area contributed by atoms with Crippen LogP contribution in [0.15, 0.2) is 194 Å². The first-order chi connectivity index (χ1) is 60.2. The van der Waals surface area contributed by atoms with Crippen LogP contribution in [-0.2, 0) is 89.9 Å². The van der Waals surface area contributed by atoms with Crippen LogP contribution in [0.1, 0.15) is 339 Å². The SMILES string of the molecule is CC(=O)Oc1cc(OC(C)=O)c(C(C)(C)C)c(OC(C)=O)c1.CC(=O)Oc1ccc(C(C)(C)C)cc1.CC(=O)Oc1cccc(C(C)(C)C)c1.CC(=O)Oc1ccccc1C(C)(C)C.CC(=O)c1ccccc1C(C)(C)C.CC(C)(C)c1ccc(C(=O)O)cc1.CC(C)(C)c1cccc(C(=O)O)c1.Cc1cc(C(F)(F)F)c(C(C)(C)C)c(C(F)(F)F)c1.Cc1ccc(C(C)(C)C)cc1. The van der Waals surface area contributed by atoms with Crippen LogP contribution in [0.2, 0.25) is 0 Å². The summed E-state index contributed by atoms with van der Waals surface area (Å²) in [6.07, 6.45) is -9.62. The van der Waals surface area contributed by atoms with Crippen molar-refractivity contribution in [3.8, 4) is 34.5 Å². The van der Waals surface area contributed by atoms with Crippen LogP contribution in [0.3, 0.4) is 0 Å². The van der Waals surface area contributed by atoms with Crippen LogP contribution in [0.4, 0.5) is 26.3 Å². The number of esters is 6. The average Bonchev–Trinajstić information content (AvgIpc) is 0.755. The lowest BCUT2D eigenvalue weighted by molar-refractivity contribution is -0.145. The topological polar surface area (TPSA) is 249 Å². The smallest absolute Gasteiger partial charge is 0.416 e. The van der Waals surface area contributed by atoms with Crippen LogP contribution in [0, 0.1) is 13.8 Å². The summed E-state index contributed by atoms with van der Waals surface area (Å²) in [5, 5.41) is 17.5. The van der Waals surface area contributed by atoms with Crippen molar-refractivity contribution in [2.24, 2.45) is 0 Å². The summed E-state index contributed by atoms with van der Waals surface area (Å²) in [5.41, 5.74) is 7.27. The molecule has 0 amide bonds. The Bertz CT molecular complexity index is 5290. The zero-order valence-corrected chi connectivity index (χ0v) is 84.8. The number of carboxylic acid groups (broad SMARTS) is 2. The van der Waals surface area contributed by atoms with Crippen molar-refractivity contribution in [3.05, 3.63) is 283 Å². The second kappa shape index (κ2) is 49.6. The molecule has 17 nitrogen and oxygen atoms in total. The minimum atomic E-state index is -4.81. The third kappa shape index (κ3) is 44.4. The van der Waals surface area contributed by atoms with Crippen LogP contribution < -0.4 is 28.4 Å². The number of Topliss-reactive ketones (excluding diaryl/α,β-unsaturated/α-hetero) is 1. The average molecular weight is 1850 g/mol. The molecule has 0 atom stereocenters. The molecule has 9 rings (SSSR count). The highest BCUT2D eigenvalue weighted by Gasteiger charge is 2.44. The van der Waals surface area contributed by atoms with Crippen molar-refractivity contribution in [2.45, 2.75) is 310 Å². The molecule has 0 aliphatic carbocycles. The van der Waals surface area contributed by atoms with Crippen LogP contribution >= 0.6 is 0 Å². The van der Waals surface area contributed by atoms with Gasteiger partial charge in [-0.25, -0.2) is 9.59 Å².